The summed E-state index contributed by atoms with van der Waals surface area (Å²) < 4.78 is 18.2. The molecule has 114 valence electrons. The van der Waals surface area contributed by atoms with Crippen LogP contribution in [0, 0.1) is 0 Å². The normalized spacial score (nSPS) is 11.8. The molecule has 0 bridgehead atoms. The van der Waals surface area contributed by atoms with E-state index in [-0.39, 0.29) is 0 Å². The van der Waals surface area contributed by atoms with Gasteiger partial charge in [-0.2, -0.15) is 0 Å². The first-order valence-electron chi connectivity index (χ1n) is 7.72. The van der Waals surface area contributed by atoms with Crippen LogP contribution in [0.1, 0.15) is 45.7 Å². The van der Waals surface area contributed by atoms with Gasteiger partial charge in [0.25, 0.3) is 0 Å². The van der Waals surface area contributed by atoms with Crippen LogP contribution in [0.25, 0.3) is 0 Å². The Labute approximate surface area is 124 Å². The summed E-state index contributed by atoms with van der Waals surface area (Å²) in [6.45, 7) is 12.1. The number of aryl methyl sites for hydroxylation is 2. The second-order valence-electron chi connectivity index (χ2n) is 4.51. The largest absolute Gasteiger partial charge is 0.537 e. The molecule has 1 aromatic rings. The van der Waals surface area contributed by atoms with E-state index < -0.39 is 8.80 Å². The van der Waals surface area contributed by atoms with Crippen molar-refractivity contribution in [2.45, 2.75) is 47.5 Å². The molecule has 3 nitrogen and oxygen atoms in total. The van der Waals surface area contributed by atoms with E-state index in [1.807, 2.05) is 20.8 Å². The van der Waals surface area contributed by atoms with Gasteiger partial charge in [-0.3, -0.25) is 0 Å². The topological polar surface area (TPSA) is 27.7 Å². The summed E-state index contributed by atoms with van der Waals surface area (Å²) in [6.07, 6.45) is 1.93. The van der Waals surface area contributed by atoms with Crippen molar-refractivity contribution in [1.82, 2.24) is 0 Å². The number of hydrogen-bond donors (Lipinski definition) is 0. The lowest BCUT2D eigenvalue weighted by Crippen LogP contribution is -2.59. The van der Waals surface area contributed by atoms with Gasteiger partial charge in [0.2, 0.25) is 0 Å². The highest BCUT2D eigenvalue weighted by atomic mass is 28.4. The molecule has 0 aliphatic rings. The highest BCUT2D eigenvalue weighted by Gasteiger charge is 2.46. The third-order valence-corrected chi connectivity index (χ3v) is 6.57. The van der Waals surface area contributed by atoms with Crippen LogP contribution in [0.4, 0.5) is 0 Å². The van der Waals surface area contributed by atoms with Gasteiger partial charge >= 0.3 is 8.80 Å². The minimum absolute atomic E-state index is 0.605. The lowest BCUT2D eigenvalue weighted by atomic mass is 10.1. The first-order valence-corrected chi connectivity index (χ1v) is 9.44. The molecule has 0 aromatic heterocycles. The molecule has 1 rings (SSSR count). The predicted molar refractivity (Wildman–Crippen MR) is 85.5 cm³/mol. The molecular formula is C16H28O3Si. The van der Waals surface area contributed by atoms with Crippen molar-refractivity contribution in [3.05, 3.63) is 29.3 Å². The van der Waals surface area contributed by atoms with Crippen LogP contribution in [0.15, 0.2) is 18.2 Å². The molecule has 0 unspecified atom stereocenters. The smallest absolute Gasteiger partial charge is 0.370 e. The third kappa shape index (κ3) is 3.70. The van der Waals surface area contributed by atoms with E-state index in [2.05, 4.69) is 32.0 Å². The summed E-state index contributed by atoms with van der Waals surface area (Å²) >= 11 is 0. The molecule has 0 fully saturated rings. The Balaban J connectivity index is 3.44. The summed E-state index contributed by atoms with van der Waals surface area (Å²) in [5, 5.41) is 1.19. The molecular weight excluding hydrogens is 268 g/mol. The summed E-state index contributed by atoms with van der Waals surface area (Å²) in [6, 6.07) is 6.44. The zero-order chi connectivity index (χ0) is 15.0. The fourth-order valence-corrected chi connectivity index (χ4v) is 5.68. The van der Waals surface area contributed by atoms with Gasteiger partial charge in [0, 0.05) is 25.0 Å². The maximum atomic E-state index is 6.08. The number of benzene rings is 1. The van der Waals surface area contributed by atoms with E-state index in [1.165, 1.54) is 16.3 Å². The van der Waals surface area contributed by atoms with Gasteiger partial charge in [0.15, 0.2) is 0 Å². The molecule has 20 heavy (non-hydrogen) atoms. The quantitative estimate of drug-likeness (QED) is 0.656. The molecule has 1 aromatic carbocycles. The lowest BCUT2D eigenvalue weighted by molar-refractivity contribution is 0.0856. The minimum atomic E-state index is -2.80. The van der Waals surface area contributed by atoms with Crippen LogP contribution in [-0.4, -0.2) is 28.6 Å². The Morgan fingerprint density at radius 1 is 0.750 bits per heavy atom. The Hall–Kier alpha value is -0.683. The molecule has 0 saturated heterocycles. The van der Waals surface area contributed by atoms with Crippen molar-refractivity contribution in [3.63, 3.8) is 0 Å². The van der Waals surface area contributed by atoms with E-state index in [1.54, 1.807) is 0 Å². The van der Waals surface area contributed by atoms with Gasteiger partial charge in [0.05, 0.1) is 0 Å². The first-order chi connectivity index (χ1) is 9.68. The molecule has 0 heterocycles. The van der Waals surface area contributed by atoms with Crippen LogP contribution in [0.2, 0.25) is 0 Å². The fourth-order valence-electron chi connectivity index (χ4n) is 2.55. The van der Waals surface area contributed by atoms with Crippen LogP contribution in [-0.2, 0) is 26.1 Å². The molecule has 0 atom stereocenters. The van der Waals surface area contributed by atoms with Crippen molar-refractivity contribution < 1.29 is 13.3 Å². The maximum absolute atomic E-state index is 6.08. The number of rotatable bonds is 9. The van der Waals surface area contributed by atoms with Crippen LogP contribution in [0.3, 0.4) is 0 Å². The summed E-state index contributed by atoms with van der Waals surface area (Å²) in [5.41, 5.74) is 2.57. The molecule has 0 radical (unpaired) electrons. The van der Waals surface area contributed by atoms with E-state index in [9.17, 15) is 0 Å². The number of hydrogen-bond acceptors (Lipinski definition) is 3. The van der Waals surface area contributed by atoms with E-state index in [0.29, 0.717) is 19.8 Å². The van der Waals surface area contributed by atoms with Gasteiger partial charge in [-0.05, 0) is 44.7 Å². The van der Waals surface area contributed by atoms with E-state index >= 15 is 0 Å². The summed E-state index contributed by atoms with van der Waals surface area (Å²) in [7, 11) is -2.80. The van der Waals surface area contributed by atoms with Crippen molar-refractivity contribution in [3.8, 4) is 0 Å². The van der Waals surface area contributed by atoms with Crippen molar-refractivity contribution in [2.24, 2.45) is 0 Å². The molecule has 0 N–H and O–H groups in total. The van der Waals surface area contributed by atoms with Gasteiger partial charge < -0.3 is 13.3 Å². The zero-order valence-corrected chi connectivity index (χ0v) is 14.5. The first kappa shape index (κ1) is 17.4. The summed E-state index contributed by atoms with van der Waals surface area (Å²) in [5.74, 6) is 0. The predicted octanol–water partition coefficient (Wildman–Crippen LogP) is 3.07. The molecule has 0 saturated carbocycles. The fraction of sp³-hybridized carbons (Fsp3) is 0.625. The second-order valence-corrected chi connectivity index (χ2v) is 6.99. The van der Waals surface area contributed by atoms with Gasteiger partial charge in [-0.25, -0.2) is 0 Å². The SMILES string of the molecule is CCO[Si](OCC)(OCC)c1c(CC)cccc1CC. The Morgan fingerprint density at radius 2 is 1.15 bits per heavy atom. The van der Waals surface area contributed by atoms with Gasteiger partial charge in [0.1, 0.15) is 0 Å². The van der Waals surface area contributed by atoms with E-state index in [4.69, 9.17) is 13.3 Å². The molecule has 0 amide bonds. The Kier molecular flexibility index (Phi) is 7.44. The average molecular weight is 296 g/mol. The van der Waals surface area contributed by atoms with Gasteiger partial charge in [-0.1, -0.05) is 32.0 Å². The van der Waals surface area contributed by atoms with Crippen LogP contribution in [0.5, 0.6) is 0 Å². The molecule has 0 spiro atoms. The highest BCUT2D eigenvalue weighted by molar-refractivity contribution is 6.76. The second kappa shape index (κ2) is 8.57. The van der Waals surface area contributed by atoms with Crippen molar-refractivity contribution in [2.75, 3.05) is 19.8 Å². The van der Waals surface area contributed by atoms with Gasteiger partial charge in [-0.15, -0.1) is 0 Å². The van der Waals surface area contributed by atoms with Crippen molar-refractivity contribution >= 4 is 14.0 Å². The third-order valence-electron chi connectivity index (χ3n) is 3.31. The van der Waals surface area contributed by atoms with Crippen molar-refractivity contribution in [1.29, 1.82) is 0 Å². The zero-order valence-electron chi connectivity index (χ0n) is 13.5. The van der Waals surface area contributed by atoms with Crippen LogP contribution < -0.4 is 5.19 Å². The Bertz CT molecular complexity index is 367. The average Bonchev–Trinajstić information content (AvgIpc) is 2.47. The Morgan fingerprint density at radius 3 is 1.45 bits per heavy atom. The standard InChI is InChI=1S/C16H28O3Si/c1-6-14-12-11-13-15(7-2)16(14)20(17-8-3,18-9-4)19-10-5/h11-13H,6-10H2,1-5H3. The van der Waals surface area contributed by atoms with Crippen LogP contribution >= 0.6 is 0 Å². The molecule has 0 aliphatic carbocycles. The monoisotopic (exact) mass is 296 g/mol. The lowest BCUT2D eigenvalue weighted by Gasteiger charge is -2.31. The summed E-state index contributed by atoms with van der Waals surface area (Å²) in [4.78, 5) is 0. The maximum Gasteiger partial charge on any atom is 0.537 e. The molecule has 0 aliphatic heterocycles. The minimum Gasteiger partial charge on any atom is -0.370 e. The van der Waals surface area contributed by atoms with E-state index in [0.717, 1.165) is 12.8 Å². The molecule has 4 heteroatoms. The highest BCUT2D eigenvalue weighted by Crippen LogP contribution is 2.17.